The smallest absolute Gasteiger partial charge is 0.169 e. The standard InChI is InChI=1S/C21H23N3OS/c1-13-4-5-18-16(8-13)17-10-23(3)11-20-21(17)24(18)12-19(26(20)25)15-6-7-22-14(2)9-15/h4-9,19-20H,10-12H2,1-3H3. The van der Waals surface area contributed by atoms with Gasteiger partial charge in [0.2, 0.25) is 0 Å². The predicted molar refractivity (Wildman–Crippen MR) is 106 cm³/mol. The van der Waals surface area contributed by atoms with Gasteiger partial charge in [0.05, 0.1) is 18.8 Å². The summed E-state index contributed by atoms with van der Waals surface area (Å²) in [5.41, 5.74) is 7.38. The van der Waals surface area contributed by atoms with Crippen LogP contribution in [0.4, 0.5) is 0 Å². The maximum absolute atomic E-state index is 13.6. The molecule has 0 bridgehead atoms. The van der Waals surface area contributed by atoms with Gasteiger partial charge >= 0.3 is 0 Å². The minimum absolute atomic E-state index is 0.0189. The van der Waals surface area contributed by atoms with E-state index in [0.29, 0.717) is 0 Å². The number of hydrogen-bond donors (Lipinski definition) is 0. The molecule has 134 valence electrons. The normalized spacial score (nSPS) is 25.5. The summed E-state index contributed by atoms with van der Waals surface area (Å²) in [7, 11) is 2.14. The lowest BCUT2D eigenvalue weighted by molar-refractivity contribution is 0.295. The van der Waals surface area contributed by atoms with Crippen molar-refractivity contribution >= 4 is 22.1 Å². The van der Waals surface area contributed by atoms with E-state index in [1.165, 1.54) is 27.7 Å². The third-order valence-corrected chi connectivity index (χ3v) is 7.70. The molecule has 4 nitrogen and oxygen atoms in total. The van der Waals surface area contributed by atoms with E-state index in [2.05, 4.69) is 52.7 Å². The van der Waals surface area contributed by atoms with Gasteiger partial charge in [-0.15, -0.1) is 0 Å². The Morgan fingerprint density at radius 1 is 1.12 bits per heavy atom. The van der Waals surface area contributed by atoms with Gasteiger partial charge in [-0.1, -0.05) is 11.6 Å². The molecule has 3 aromatic rings. The molecular weight excluding hydrogens is 342 g/mol. The number of rotatable bonds is 1. The van der Waals surface area contributed by atoms with Crippen LogP contribution in [0.3, 0.4) is 0 Å². The molecule has 5 rings (SSSR count). The Bertz CT molecular complexity index is 1010. The van der Waals surface area contributed by atoms with E-state index >= 15 is 0 Å². The first-order valence-electron chi connectivity index (χ1n) is 9.15. The molecule has 0 radical (unpaired) electrons. The number of aromatic nitrogens is 2. The van der Waals surface area contributed by atoms with Crippen LogP contribution in [0.15, 0.2) is 36.5 Å². The molecule has 0 spiro atoms. The van der Waals surface area contributed by atoms with E-state index in [-0.39, 0.29) is 10.5 Å². The van der Waals surface area contributed by atoms with Gasteiger partial charge in [0.1, 0.15) is 0 Å². The van der Waals surface area contributed by atoms with Gasteiger partial charge in [0, 0.05) is 40.5 Å². The highest BCUT2D eigenvalue weighted by Gasteiger charge is 2.45. The molecular formula is C21H23N3OS. The van der Waals surface area contributed by atoms with Crippen LogP contribution in [0, 0.1) is 13.8 Å². The zero-order valence-electron chi connectivity index (χ0n) is 15.4. The lowest BCUT2D eigenvalue weighted by Gasteiger charge is -2.39. The highest BCUT2D eigenvalue weighted by Crippen LogP contribution is 2.47. The molecule has 5 heteroatoms. The molecule has 26 heavy (non-hydrogen) atoms. The Balaban J connectivity index is 1.73. The van der Waals surface area contributed by atoms with Crippen LogP contribution in [-0.2, 0) is 24.3 Å². The summed E-state index contributed by atoms with van der Waals surface area (Å²) in [5, 5.41) is 1.43. The number of fused-ring (bicyclic) bond motifs is 3. The summed E-state index contributed by atoms with van der Waals surface area (Å²) < 4.78 is 16.0. The van der Waals surface area contributed by atoms with Crippen LogP contribution in [0.5, 0.6) is 0 Å². The molecule has 0 amide bonds. The molecule has 0 fully saturated rings. The maximum Gasteiger partial charge on any atom is 0.169 e. The third-order valence-electron chi connectivity index (χ3n) is 5.78. The minimum atomic E-state index is -0.938. The third kappa shape index (κ3) is 2.34. The second kappa shape index (κ2) is 5.84. The molecule has 0 aliphatic carbocycles. The Labute approximate surface area is 157 Å². The fourth-order valence-corrected chi connectivity index (χ4v) is 6.62. The van der Waals surface area contributed by atoms with Crippen LogP contribution in [0.25, 0.3) is 10.9 Å². The molecule has 2 aliphatic rings. The summed E-state index contributed by atoms with van der Waals surface area (Å²) >= 11 is -0.938. The number of hydrogen-bond acceptors (Lipinski definition) is 3. The Kier molecular flexibility index (Phi) is 3.68. The van der Waals surface area contributed by atoms with Gasteiger partial charge in [-0.3, -0.25) is 9.88 Å². The zero-order valence-corrected chi connectivity index (χ0v) is 16.2. The van der Waals surface area contributed by atoms with E-state index in [0.717, 1.165) is 30.9 Å². The lowest BCUT2D eigenvalue weighted by atomic mass is 10.0. The first kappa shape index (κ1) is 16.4. The van der Waals surface area contributed by atoms with Gasteiger partial charge in [-0.05, 0) is 56.3 Å². The largest absolute Gasteiger partial charge is 0.615 e. The van der Waals surface area contributed by atoms with E-state index in [1.807, 2.05) is 19.2 Å². The minimum Gasteiger partial charge on any atom is -0.615 e. The Morgan fingerprint density at radius 2 is 1.96 bits per heavy atom. The summed E-state index contributed by atoms with van der Waals surface area (Å²) in [6, 6.07) is 10.8. The van der Waals surface area contributed by atoms with Gasteiger partial charge < -0.3 is 9.12 Å². The van der Waals surface area contributed by atoms with E-state index in [9.17, 15) is 4.55 Å². The van der Waals surface area contributed by atoms with Crippen molar-refractivity contribution in [3.05, 3.63) is 64.6 Å². The van der Waals surface area contributed by atoms with Crippen LogP contribution < -0.4 is 0 Å². The van der Waals surface area contributed by atoms with Crippen LogP contribution in [0.2, 0.25) is 0 Å². The Morgan fingerprint density at radius 3 is 2.77 bits per heavy atom. The van der Waals surface area contributed by atoms with Crippen molar-refractivity contribution < 1.29 is 4.55 Å². The molecule has 0 saturated heterocycles. The molecule has 2 aromatic heterocycles. The molecule has 0 N–H and O–H groups in total. The van der Waals surface area contributed by atoms with Gasteiger partial charge in [-0.25, -0.2) is 0 Å². The van der Waals surface area contributed by atoms with Crippen LogP contribution in [-0.4, -0.2) is 32.6 Å². The fraction of sp³-hybridized carbons (Fsp3) is 0.381. The number of pyridine rings is 1. The Hall–Kier alpha value is -1.82. The van der Waals surface area contributed by atoms with Crippen LogP contribution in [0.1, 0.15) is 38.6 Å². The predicted octanol–water partition coefficient (Wildman–Crippen LogP) is 3.64. The molecule has 3 unspecified atom stereocenters. The van der Waals surface area contributed by atoms with Crippen molar-refractivity contribution in [1.29, 1.82) is 0 Å². The maximum atomic E-state index is 13.6. The van der Waals surface area contributed by atoms with Gasteiger partial charge in [-0.2, -0.15) is 0 Å². The highest BCUT2D eigenvalue weighted by molar-refractivity contribution is 7.92. The second-order valence-corrected chi connectivity index (χ2v) is 9.52. The summed E-state index contributed by atoms with van der Waals surface area (Å²) in [5.74, 6) is 0. The average molecular weight is 366 g/mol. The first-order chi connectivity index (χ1) is 12.5. The van der Waals surface area contributed by atoms with Crippen molar-refractivity contribution in [2.45, 2.75) is 37.4 Å². The van der Waals surface area contributed by atoms with Crippen LogP contribution >= 0.6 is 0 Å². The van der Waals surface area contributed by atoms with Gasteiger partial charge in [0.25, 0.3) is 0 Å². The second-order valence-electron chi connectivity index (χ2n) is 7.73. The quantitative estimate of drug-likeness (QED) is 0.619. The molecule has 1 aromatic carbocycles. The number of aryl methyl sites for hydroxylation is 2. The number of nitrogens with zero attached hydrogens (tertiary/aromatic N) is 3. The SMILES string of the molecule is Cc1ccc2c(c1)c1c3n2CC(c2ccnc(C)c2)[S+]([O-])C3CN(C)C1. The monoisotopic (exact) mass is 365 g/mol. The van der Waals surface area contributed by atoms with E-state index in [1.54, 1.807) is 0 Å². The summed E-state index contributed by atoms with van der Waals surface area (Å²) in [6.45, 7) is 6.73. The molecule has 3 atom stereocenters. The van der Waals surface area contributed by atoms with Crippen molar-refractivity contribution in [3.63, 3.8) is 0 Å². The van der Waals surface area contributed by atoms with Gasteiger partial charge in [0.15, 0.2) is 10.5 Å². The van der Waals surface area contributed by atoms with E-state index in [4.69, 9.17) is 0 Å². The first-order valence-corrected chi connectivity index (χ1v) is 10.4. The summed E-state index contributed by atoms with van der Waals surface area (Å²) in [6.07, 6.45) is 1.84. The fourth-order valence-electron chi connectivity index (χ4n) is 4.62. The number of benzene rings is 1. The lowest BCUT2D eigenvalue weighted by Crippen LogP contribution is -2.41. The molecule has 0 saturated carbocycles. The molecule has 4 heterocycles. The van der Waals surface area contributed by atoms with Crippen molar-refractivity contribution in [2.75, 3.05) is 13.6 Å². The topological polar surface area (TPSA) is 44.1 Å². The van der Waals surface area contributed by atoms with Crippen molar-refractivity contribution in [2.24, 2.45) is 0 Å². The highest BCUT2D eigenvalue weighted by atomic mass is 32.2. The van der Waals surface area contributed by atoms with E-state index < -0.39 is 11.2 Å². The van der Waals surface area contributed by atoms with Crippen molar-refractivity contribution in [1.82, 2.24) is 14.5 Å². The van der Waals surface area contributed by atoms with Crippen molar-refractivity contribution in [3.8, 4) is 0 Å². The number of likely N-dealkylation sites (N-methyl/N-ethyl adjacent to an activating group) is 1. The zero-order chi connectivity index (χ0) is 18.0. The summed E-state index contributed by atoms with van der Waals surface area (Å²) in [4.78, 5) is 6.63. The molecule has 2 aliphatic heterocycles. The average Bonchev–Trinajstić information content (AvgIpc) is 2.91.